The molecule has 10 nitrogen and oxygen atoms in total. The summed E-state index contributed by atoms with van der Waals surface area (Å²) in [5.74, 6) is -0.154. The molecule has 0 aliphatic rings. The zero-order chi connectivity index (χ0) is 14.9. The number of carbonyl (C=O) groups excluding carboxylic acids is 1. The van der Waals surface area contributed by atoms with Gasteiger partial charge in [-0.25, -0.2) is 13.6 Å². The first-order chi connectivity index (χ1) is 9.29. The number of aryl methyl sites for hydroxylation is 1. The van der Waals surface area contributed by atoms with Gasteiger partial charge in [-0.15, -0.1) is 10.2 Å². The Bertz CT molecular complexity index is 719. The molecule has 0 aromatic carbocycles. The first-order valence-electron chi connectivity index (χ1n) is 5.52. The van der Waals surface area contributed by atoms with Crippen molar-refractivity contribution in [3.8, 4) is 0 Å². The van der Waals surface area contributed by atoms with Crippen LogP contribution in [0.2, 0.25) is 0 Å². The molecule has 2 rings (SSSR count). The third-order valence-corrected chi connectivity index (χ3v) is 3.52. The van der Waals surface area contributed by atoms with Crippen LogP contribution in [0.15, 0.2) is 17.2 Å². The Balaban J connectivity index is 2.20. The van der Waals surface area contributed by atoms with Gasteiger partial charge in [0.2, 0.25) is 10.0 Å². The Labute approximate surface area is 114 Å². The van der Waals surface area contributed by atoms with E-state index < -0.39 is 22.0 Å². The lowest BCUT2D eigenvalue weighted by Crippen LogP contribution is -2.28. The highest BCUT2D eigenvalue weighted by atomic mass is 32.2. The van der Waals surface area contributed by atoms with Crippen molar-refractivity contribution in [2.45, 2.75) is 17.9 Å². The first kappa shape index (κ1) is 14.1. The Morgan fingerprint density at radius 3 is 2.75 bits per heavy atom. The Morgan fingerprint density at radius 2 is 2.25 bits per heavy atom. The Hall–Kier alpha value is -2.27. The van der Waals surface area contributed by atoms with Gasteiger partial charge in [0.25, 0.3) is 5.91 Å². The van der Waals surface area contributed by atoms with E-state index in [1.54, 1.807) is 14.0 Å². The number of nitrogens with two attached hydrogens (primary N) is 1. The summed E-state index contributed by atoms with van der Waals surface area (Å²) < 4.78 is 23.8. The van der Waals surface area contributed by atoms with Crippen LogP contribution in [0.5, 0.6) is 0 Å². The molecule has 0 aliphatic heterocycles. The number of nitrogens with zero attached hydrogens (tertiary/aromatic N) is 4. The molecule has 1 atom stereocenters. The van der Waals surface area contributed by atoms with Crippen LogP contribution in [0.1, 0.15) is 29.3 Å². The summed E-state index contributed by atoms with van der Waals surface area (Å²) in [6.45, 7) is 1.67. The molecule has 2 heterocycles. The van der Waals surface area contributed by atoms with E-state index in [1.807, 2.05) is 0 Å². The van der Waals surface area contributed by atoms with Crippen molar-refractivity contribution < 1.29 is 13.2 Å². The molecule has 0 spiro atoms. The highest BCUT2D eigenvalue weighted by Gasteiger charge is 2.20. The second-order valence-electron chi connectivity index (χ2n) is 4.18. The minimum Gasteiger partial charge on any atom is -0.345 e. The van der Waals surface area contributed by atoms with Crippen molar-refractivity contribution in [1.29, 1.82) is 0 Å². The normalized spacial score (nSPS) is 13.2. The molecule has 2 aromatic heterocycles. The minimum absolute atomic E-state index is 0.127. The molecule has 20 heavy (non-hydrogen) atoms. The molecule has 0 fully saturated rings. The summed E-state index contributed by atoms with van der Waals surface area (Å²) >= 11 is 0. The second-order valence-corrected chi connectivity index (χ2v) is 5.74. The lowest BCUT2D eigenvalue weighted by atomic mass is 10.3. The summed E-state index contributed by atoms with van der Waals surface area (Å²) in [6.07, 6.45) is 1.27. The Kier molecular flexibility index (Phi) is 3.55. The lowest BCUT2D eigenvalue weighted by molar-refractivity contribution is 0.0930. The largest absolute Gasteiger partial charge is 0.345 e. The third kappa shape index (κ3) is 2.83. The van der Waals surface area contributed by atoms with E-state index in [2.05, 4.69) is 25.9 Å². The highest BCUT2D eigenvalue weighted by molar-refractivity contribution is 7.89. The van der Waals surface area contributed by atoms with Gasteiger partial charge in [0.15, 0.2) is 5.82 Å². The van der Waals surface area contributed by atoms with Gasteiger partial charge in [-0.3, -0.25) is 4.79 Å². The van der Waals surface area contributed by atoms with Crippen LogP contribution in [0, 0.1) is 0 Å². The van der Waals surface area contributed by atoms with Crippen LogP contribution < -0.4 is 10.5 Å². The monoisotopic (exact) mass is 299 g/mol. The maximum atomic E-state index is 12.1. The van der Waals surface area contributed by atoms with Gasteiger partial charge in [0.1, 0.15) is 10.6 Å². The van der Waals surface area contributed by atoms with Gasteiger partial charge in [0, 0.05) is 13.2 Å². The molecule has 0 aliphatic carbocycles. The number of tetrazole rings is 1. The van der Waals surface area contributed by atoms with Gasteiger partial charge in [-0.2, -0.15) is 5.21 Å². The predicted octanol–water partition coefficient (Wildman–Crippen LogP) is -1.32. The number of primary sulfonamides is 1. The second kappa shape index (κ2) is 5.02. The molecule has 108 valence electrons. The maximum absolute atomic E-state index is 12.1. The third-order valence-electron chi connectivity index (χ3n) is 2.64. The van der Waals surface area contributed by atoms with Crippen molar-refractivity contribution in [2.75, 3.05) is 0 Å². The molecule has 0 saturated carbocycles. The topological polar surface area (TPSA) is 149 Å². The smallest absolute Gasteiger partial charge is 0.268 e. The molecule has 2 aromatic rings. The summed E-state index contributed by atoms with van der Waals surface area (Å²) in [4.78, 5) is 11.9. The van der Waals surface area contributed by atoms with Gasteiger partial charge in [-0.1, -0.05) is 5.21 Å². The van der Waals surface area contributed by atoms with E-state index in [9.17, 15) is 13.2 Å². The average molecular weight is 299 g/mol. The van der Waals surface area contributed by atoms with E-state index in [-0.39, 0.29) is 10.6 Å². The van der Waals surface area contributed by atoms with Gasteiger partial charge >= 0.3 is 0 Å². The lowest BCUT2D eigenvalue weighted by Gasteiger charge is -2.10. The number of aromatic amines is 1. The van der Waals surface area contributed by atoms with Crippen molar-refractivity contribution in [3.63, 3.8) is 0 Å². The molecule has 1 amide bonds. The zero-order valence-corrected chi connectivity index (χ0v) is 11.5. The molecular formula is C9H13N7O3S. The number of H-pyrrole nitrogens is 1. The minimum atomic E-state index is -3.85. The van der Waals surface area contributed by atoms with Crippen LogP contribution >= 0.6 is 0 Å². The molecule has 11 heteroatoms. The van der Waals surface area contributed by atoms with E-state index in [0.29, 0.717) is 5.82 Å². The molecule has 0 bridgehead atoms. The average Bonchev–Trinajstić information content (AvgIpc) is 2.95. The van der Waals surface area contributed by atoms with Crippen molar-refractivity contribution >= 4 is 15.9 Å². The van der Waals surface area contributed by atoms with Crippen LogP contribution in [-0.2, 0) is 17.1 Å². The summed E-state index contributed by atoms with van der Waals surface area (Å²) in [6, 6.07) is 0.724. The number of hydrogen-bond donors (Lipinski definition) is 3. The fourth-order valence-electron chi connectivity index (χ4n) is 1.60. The molecule has 0 saturated heterocycles. The number of rotatable bonds is 4. The number of aromatic nitrogens is 5. The number of carbonyl (C=O) groups is 1. The fraction of sp³-hybridized carbons (Fsp3) is 0.333. The van der Waals surface area contributed by atoms with Crippen molar-refractivity contribution in [3.05, 3.63) is 23.8 Å². The van der Waals surface area contributed by atoms with Crippen LogP contribution in [0.25, 0.3) is 0 Å². The van der Waals surface area contributed by atoms with Crippen molar-refractivity contribution in [2.24, 2.45) is 12.2 Å². The molecule has 4 N–H and O–H groups in total. The summed E-state index contributed by atoms with van der Waals surface area (Å²) in [5.41, 5.74) is 0.157. The first-order valence-corrected chi connectivity index (χ1v) is 7.07. The number of amides is 1. The highest BCUT2D eigenvalue weighted by Crippen LogP contribution is 2.13. The van der Waals surface area contributed by atoms with E-state index >= 15 is 0 Å². The SMILES string of the molecule is CC(NC(=O)c1cc(S(N)(=O)=O)cn1C)c1nn[nH]n1. The van der Waals surface area contributed by atoms with Gasteiger partial charge in [0.05, 0.1) is 6.04 Å². The maximum Gasteiger partial charge on any atom is 0.268 e. The zero-order valence-electron chi connectivity index (χ0n) is 10.7. The molecule has 0 radical (unpaired) electrons. The Morgan fingerprint density at radius 1 is 1.55 bits per heavy atom. The predicted molar refractivity (Wildman–Crippen MR) is 66.8 cm³/mol. The molecule has 1 unspecified atom stereocenters. The standard InChI is InChI=1S/C9H13N7O3S/c1-5(8-12-14-15-13-8)11-9(17)7-3-6(4-16(7)2)20(10,18)19/h3-5H,1-2H3,(H,11,17)(H2,10,18,19)(H,12,13,14,15). The fourth-order valence-corrected chi connectivity index (χ4v) is 2.18. The van der Waals surface area contributed by atoms with E-state index in [4.69, 9.17) is 5.14 Å². The van der Waals surface area contributed by atoms with Crippen LogP contribution in [0.4, 0.5) is 0 Å². The van der Waals surface area contributed by atoms with Gasteiger partial charge < -0.3 is 9.88 Å². The number of hydrogen-bond acceptors (Lipinski definition) is 6. The molecular weight excluding hydrogens is 286 g/mol. The van der Waals surface area contributed by atoms with E-state index in [1.165, 1.54) is 16.8 Å². The van der Waals surface area contributed by atoms with Crippen LogP contribution in [-0.4, -0.2) is 39.5 Å². The van der Waals surface area contributed by atoms with Crippen LogP contribution in [0.3, 0.4) is 0 Å². The van der Waals surface area contributed by atoms with E-state index in [0.717, 1.165) is 0 Å². The summed E-state index contributed by atoms with van der Waals surface area (Å²) in [5, 5.41) is 20.8. The summed E-state index contributed by atoms with van der Waals surface area (Å²) in [7, 11) is -2.31. The quantitative estimate of drug-likeness (QED) is 0.637. The van der Waals surface area contributed by atoms with Crippen molar-refractivity contribution in [1.82, 2.24) is 30.5 Å². The number of nitrogens with one attached hydrogen (secondary N) is 2. The van der Waals surface area contributed by atoms with Gasteiger partial charge in [-0.05, 0) is 13.0 Å². The number of sulfonamides is 1.